The van der Waals surface area contributed by atoms with Gasteiger partial charge in [-0.2, -0.15) is 0 Å². The molecule has 1 aromatic heterocycles. The first-order valence-corrected chi connectivity index (χ1v) is 9.82. The second-order valence-electron chi connectivity index (χ2n) is 6.54. The summed E-state index contributed by atoms with van der Waals surface area (Å²) in [6.07, 6.45) is 2.97. The van der Waals surface area contributed by atoms with Crippen molar-refractivity contribution >= 4 is 34.1 Å². The maximum atomic E-state index is 13.9. The van der Waals surface area contributed by atoms with Gasteiger partial charge in [-0.1, -0.05) is 12.1 Å². The molecule has 0 aliphatic carbocycles. The number of anilines is 1. The minimum absolute atomic E-state index is 0.123. The molecule has 1 fully saturated rings. The largest absolute Gasteiger partial charge is 0.465 e. The Morgan fingerprint density at radius 2 is 1.82 bits per heavy atom. The zero-order valence-electron chi connectivity index (χ0n) is 15.7. The number of halogens is 1. The third-order valence-electron chi connectivity index (χ3n) is 4.72. The standard InChI is InChI=1S/C20H21FN2O4S/c1-12-15(20(26)27-2)18(22-17(24)13-8-4-5-9-14(13)21)28-16(12)19(25)23-10-6-3-7-11-23/h4-5,8-9H,3,6-7,10-11H2,1-2H3,(H,22,24). The van der Waals surface area contributed by atoms with Gasteiger partial charge in [0.2, 0.25) is 0 Å². The number of benzene rings is 1. The number of hydrogen-bond donors (Lipinski definition) is 1. The van der Waals surface area contributed by atoms with Crippen molar-refractivity contribution < 1.29 is 23.5 Å². The SMILES string of the molecule is COC(=O)c1c(NC(=O)c2ccccc2F)sc(C(=O)N2CCCCC2)c1C. The average molecular weight is 404 g/mol. The fourth-order valence-corrected chi connectivity index (χ4v) is 4.37. The number of carbonyl (C=O) groups excluding carboxylic acids is 3. The van der Waals surface area contributed by atoms with E-state index in [-0.39, 0.29) is 22.0 Å². The lowest BCUT2D eigenvalue weighted by Gasteiger charge is -2.26. The van der Waals surface area contributed by atoms with Gasteiger partial charge in [0.15, 0.2) is 0 Å². The summed E-state index contributed by atoms with van der Waals surface area (Å²) in [5.41, 5.74) is 0.432. The molecule has 1 aliphatic heterocycles. The lowest BCUT2D eigenvalue weighted by atomic mass is 10.1. The Bertz CT molecular complexity index is 919. The molecular formula is C20H21FN2O4S. The van der Waals surface area contributed by atoms with Crippen LogP contribution in [0.4, 0.5) is 9.39 Å². The van der Waals surface area contributed by atoms with Crippen molar-refractivity contribution in [3.05, 3.63) is 51.7 Å². The Labute approximate surface area is 166 Å². The van der Waals surface area contributed by atoms with Crippen molar-refractivity contribution in [3.8, 4) is 0 Å². The summed E-state index contributed by atoms with van der Waals surface area (Å²) < 4.78 is 18.7. The molecule has 0 atom stereocenters. The number of carbonyl (C=O) groups is 3. The molecule has 0 bridgehead atoms. The molecule has 8 heteroatoms. The maximum absolute atomic E-state index is 13.9. The summed E-state index contributed by atoms with van der Waals surface area (Å²) in [6, 6.07) is 5.56. The first-order chi connectivity index (χ1) is 13.4. The van der Waals surface area contributed by atoms with Gasteiger partial charge < -0.3 is 15.0 Å². The number of nitrogens with one attached hydrogen (secondary N) is 1. The summed E-state index contributed by atoms with van der Waals surface area (Å²) in [7, 11) is 1.23. The van der Waals surface area contributed by atoms with Gasteiger partial charge in [-0.05, 0) is 43.9 Å². The van der Waals surface area contributed by atoms with Crippen molar-refractivity contribution in [2.75, 3.05) is 25.5 Å². The fourth-order valence-electron chi connectivity index (χ4n) is 3.21. The number of piperidine rings is 1. The van der Waals surface area contributed by atoms with E-state index in [0.29, 0.717) is 23.5 Å². The van der Waals surface area contributed by atoms with Crippen molar-refractivity contribution in [1.82, 2.24) is 4.90 Å². The molecule has 0 radical (unpaired) electrons. The van der Waals surface area contributed by atoms with Gasteiger partial charge in [0.25, 0.3) is 11.8 Å². The number of thiophene rings is 1. The van der Waals surface area contributed by atoms with E-state index in [1.807, 2.05) is 0 Å². The van der Waals surface area contributed by atoms with E-state index in [1.54, 1.807) is 17.9 Å². The summed E-state index contributed by atoms with van der Waals surface area (Å²) >= 11 is 1.01. The van der Waals surface area contributed by atoms with Gasteiger partial charge in [-0.25, -0.2) is 9.18 Å². The van der Waals surface area contributed by atoms with Gasteiger partial charge in [0, 0.05) is 13.1 Å². The van der Waals surface area contributed by atoms with Gasteiger partial charge in [-0.3, -0.25) is 9.59 Å². The molecule has 1 aromatic carbocycles. The van der Waals surface area contributed by atoms with E-state index in [9.17, 15) is 18.8 Å². The van der Waals surface area contributed by atoms with Crippen molar-refractivity contribution in [3.63, 3.8) is 0 Å². The average Bonchev–Trinajstić information content (AvgIpc) is 3.03. The van der Waals surface area contributed by atoms with E-state index in [1.165, 1.54) is 25.3 Å². The molecular weight excluding hydrogens is 383 g/mol. The van der Waals surface area contributed by atoms with Crippen LogP contribution in [-0.4, -0.2) is 42.9 Å². The summed E-state index contributed by atoms with van der Waals surface area (Å²) in [5, 5.41) is 2.75. The van der Waals surface area contributed by atoms with Crippen LogP contribution in [0.2, 0.25) is 0 Å². The van der Waals surface area contributed by atoms with Crippen LogP contribution in [0, 0.1) is 12.7 Å². The zero-order valence-corrected chi connectivity index (χ0v) is 16.5. The predicted molar refractivity (Wildman–Crippen MR) is 105 cm³/mol. The monoisotopic (exact) mass is 404 g/mol. The molecule has 0 unspecified atom stereocenters. The Kier molecular flexibility index (Phi) is 6.08. The van der Waals surface area contributed by atoms with E-state index in [4.69, 9.17) is 4.74 Å². The molecule has 1 saturated heterocycles. The number of ether oxygens (including phenoxy) is 1. The van der Waals surface area contributed by atoms with Crippen LogP contribution < -0.4 is 5.32 Å². The highest BCUT2D eigenvalue weighted by atomic mass is 32.1. The van der Waals surface area contributed by atoms with Gasteiger partial charge in [0.05, 0.1) is 23.1 Å². The zero-order chi connectivity index (χ0) is 20.3. The highest BCUT2D eigenvalue weighted by molar-refractivity contribution is 7.18. The van der Waals surface area contributed by atoms with Crippen LogP contribution in [0.5, 0.6) is 0 Å². The maximum Gasteiger partial charge on any atom is 0.341 e. The molecule has 2 aromatic rings. The lowest BCUT2D eigenvalue weighted by molar-refractivity contribution is 0.0601. The molecule has 0 spiro atoms. The van der Waals surface area contributed by atoms with Crippen LogP contribution in [0.1, 0.15) is 55.2 Å². The molecule has 3 rings (SSSR count). The Morgan fingerprint density at radius 3 is 2.46 bits per heavy atom. The van der Waals surface area contributed by atoms with E-state index >= 15 is 0 Å². The van der Waals surface area contributed by atoms with Gasteiger partial charge in [-0.15, -0.1) is 11.3 Å². The quantitative estimate of drug-likeness (QED) is 0.785. The topological polar surface area (TPSA) is 75.7 Å². The minimum Gasteiger partial charge on any atom is -0.465 e. The number of hydrogen-bond acceptors (Lipinski definition) is 5. The predicted octanol–water partition coefficient (Wildman–Crippen LogP) is 3.86. The number of likely N-dealkylation sites (tertiary alicyclic amines) is 1. The van der Waals surface area contributed by atoms with Crippen LogP contribution in [0.3, 0.4) is 0 Å². The Hall–Kier alpha value is -2.74. The van der Waals surface area contributed by atoms with Crippen molar-refractivity contribution in [2.45, 2.75) is 26.2 Å². The molecule has 1 aliphatic rings. The minimum atomic E-state index is -0.693. The van der Waals surface area contributed by atoms with Crippen LogP contribution in [0.25, 0.3) is 0 Å². The third-order valence-corrected chi connectivity index (χ3v) is 5.91. The number of rotatable bonds is 4. The van der Waals surface area contributed by atoms with Gasteiger partial charge >= 0.3 is 5.97 Å². The summed E-state index contributed by atoms with van der Waals surface area (Å²) in [5.74, 6) is -2.19. The van der Waals surface area contributed by atoms with Crippen molar-refractivity contribution in [2.24, 2.45) is 0 Å². The first-order valence-electron chi connectivity index (χ1n) is 9.01. The molecule has 1 N–H and O–H groups in total. The third kappa shape index (κ3) is 3.91. The highest BCUT2D eigenvalue weighted by Crippen LogP contribution is 2.35. The normalized spacial score (nSPS) is 13.9. The summed E-state index contributed by atoms with van der Waals surface area (Å²) in [6.45, 7) is 2.99. The van der Waals surface area contributed by atoms with E-state index in [0.717, 1.165) is 30.6 Å². The second-order valence-corrected chi connectivity index (χ2v) is 7.56. The molecule has 2 heterocycles. The van der Waals surface area contributed by atoms with Crippen LogP contribution in [-0.2, 0) is 4.74 Å². The smallest absolute Gasteiger partial charge is 0.341 e. The molecule has 2 amide bonds. The lowest BCUT2D eigenvalue weighted by Crippen LogP contribution is -2.35. The number of nitrogens with zero attached hydrogens (tertiary/aromatic N) is 1. The molecule has 28 heavy (non-hydrogen) atoms. The van der Waals surface area contributed by atoms with Crippen LogP contribution in [0.15, 0.2) is 24.3 Å². The molecule has 148 valence electrons. The summed E-state index contributed by atoms with van der Waals surface area (Å²) in [4.78, 5) is 39.8. The van der Waals surface area contributed by atoms with Gasteiger partial charge in [0.1, 0.15) is 10.8 Å². The van der Waals surface area contributed by atoms with Crippen LogP contribution >= 0.6 is 11.3 Å². The fraction of sp³-hybridized carbons (Fsp3) is 0.350. The van der Waals surface area contributed by atoms with Crippen molar-refractivity contribution in [1.29, 1.82) is 0 Å². The molecule has 6 nitrogen and oxygen atoms in total. The number of esters is 1. The Morgan fingerprint density at radius 1 is 1.14 bits per heavy atom. The number of methoxy groups -OCH3 is 1. The second kappa shape index (κ2) is 8.52. The number of amides is 2. The van der Waals surface area contributed by atoms with E-state index in [2.05, 4.69) is 5.32 Å². The van der Waals surface area contributed by atoms with E-state index < -0.39 is 17.7 Å². The molecule has 0 saturated carbocycles. The first kappa shape index (κ1) is 20.0. The Balaban J connectivity index is 1.95. The highest BCUT2D eigenvalue weighted by Gasteiger charge is 2.29.